The van der Waals surface area contributed by atoms with Crippen molar-refractivity contribution in [3.05, 3.63) is 24.4 Å². The predicted molar refractivity (Wildman–Crippen MR) is 69.5 cm³/mol. The molecule has 0 spiro atoms. The monoisotopic (exact) mass is 247 g/mol. The zero-order valence-corrected chi connectivity index (χ0v) is 10.6. The van der Waals surface area contributed by atoms with Gasteiger partial charge in [0.15, 0.2) is 0 Å². The van der Waals surface area contributed by atoms with E-state index in [0.29, 0.717) is 5.92 Å². The molecule has 17 heavy (non-hydrogen) atoms. The van der Waals surface area contributed by atoms with Crippen LogP contribution in [0.5, 0.6) is 0 Å². The van der Waals surface area contributed by atoms with Crippen LogP contribution in [0.25, 0.3) is 0 Å². The van der Waals surface area contributed by atoms with Crippen molar-refractivity contribution >= 4 is 11.8 Å². The van der Waals surface area contributed by atoms with Crippen LogP contribution in [0.15, 0.2) is 29.4 Å². The first-order chi connectivity index (χ1) is 8.24. The van der Waals surface area contributed by atoms with Crippen molar-refractivity contribution in [2.45, 2.75) is 36.2 Å². The molecule has 1 saturated carbocycles. The Morgan fingerprint density at radius 3 is 3.18 bits per heavy atom. The third-order valence-electron chi connectivity index (χ3n) is 3.43. The van der Waals surface area contributed by atoms with Gasteiger partial charge in [0.1, 0.15) is 5.54 Å². The highest BCUT2D eigenvalue weighted by molar-refractivity contribution is 7.99. The molecule has 0 amide bonds. The Labute approximate surface area is 106 Å². The number of hydrogen-bond acceptors (Lipinski definition) is 4. The number of nitrogens with zero attached hydrogens (tertiary/aromatic N) is 2. The van der Waals surface area contributed by atoms with E-state index in [2.05, 4.69) is 11.1 Å². The number of nitrogens with two attached hydrogens (primary N) is 1. The first-order valence-electron chi connectivity index (χ1n) is 5.98. The average Bonchev–Trinajstić information content (AvgIpc) is 2.73. The fourth-order valence-corrected chi connectivity index (χ4v) is 3.31. The number of hydrogen-bond donors (Lipinski definition) is 1. The van der Waals surface area contributed by atoms with Crippen molar-refractivity contribution in [3.63, 3.8) is 0 Å². The minimum atomic E-state index is -0.579. The number of aromatic nitrogens is 1. The van der Waals surface area contributed by atoms with Gasteiger partial charge in [-0.25, -0.2) is 4.98 Å². The zero-order chi connectivity index (χ0) is 12.1. The molecular formula is C13H17N3S. The summed E-state index contributed by atoms with van der Waals surface area (Å²) < 4.78 is 0. The van der Waals surface area contributed by atoms with Crippen LogP contribution in [0.3, 0.4) is 0 Å². The molecule has 0 radical (unpaired) electrons. The molecule has 1 aliphatic rings. The summed E-state index contributed by atoms with van der Waals surface area (Å²) in [5, 5.41) is 10.2. The third-order valence-corrected chi connectivity index (χ3v) is 4.41. The number of nitriles is 1. The molecule has 0 saturated heterocycles. The maximum Gasteiger partial charge on any atom is 0.107 e. The van der Waals surface area contributed by atoms with Crippen LogP contribution in [0.4, 0.5) is 0 Å². The summed E-state index contributed by atoms with van der Waals surface area (Å²) >= 11 is 1.74. The summed E-state index contributed by atoms with van der Waals surface area (Å²) in [7, 11) is 0. The van der Waals surface area contributed by atoms with Crippen LogP contribution in [0, 0.1) is 17.2 Å². The Morgan fingerprint density at radius 2 is 2.47 bits per heavy atom. The second kappa shape index (κ2) is 5.52. The molecule has 4 heteroatoms. The lowest BCUT2D eigenvalue weighted by Gasteiger charge is -2.23. The Morgan fingerprint density at radius 1 is 1.59 bits per heavy atom. The minimum Gasteiger partial charge on any atom is -0.313 e. The molecule has 2 atom stereocenters. The molecule has 0 aliphatic heterocycles. The number of rotatable bonds is 4. The van der Waals surface area contributed by atoms with Crippen molar-refractivity contribution < 1.29 is 0 Å². The largest absolute Gasteiger partial charge is 0.313 e. The quantitative estimate of drug-likeness (QED) is 0.831. The number of pyridine rings is 1. The molecule has 0 bridgehead atoms. The molecule has 1 aliphatic carbocycles. The second-order valence-corrected chi connectivity index (χ2v) is 5.66. The van der Waals surface area contributed by atoms with Gasteiger partial charge in [-0.2, -0.15) is 5.26 Å². The van der Waals surface area contributed by atoms with Gasteiger partial charge in [-0.1, -0.05) is 12.5 Å². The summed E-state index contributed by atoms with van der Waals surface area (Å²) in [5.41, 5.74) is 5.52. The minimum absolute atomic E-state index is 0.351. The maximum absolute atomic E-state index is 9.12. The van der Waals surface area contributed by atoms with Crippen molar-refractivity contribution in [1.82, 2.24) is 4.98 Å². The first-order valence-corrected chi connectivity index (χ1v) is 6.97. The maximum atomic E-state index is 9.12. The fraction of sp³-hybridized carbons (Fsp3) is 0.538. The van der Waals surface area contributed by atoms with Crippen LogP contribution in [-0.4, -0.2) is 16.3 Å². The molecule has 2 N–H and O–H groups in total. The van der Waals surface area contributed by atoms with E-state index in [-0.39, 0.29) is 0 Å². The normalized spacial score (nSPS) is 27.9. The lowest BCUT2D eigenvalue weighted by atomic mass is 9.88. The van der Waals surface area contributed by atoms with Crippen LogP contribution in [0.2, 0.25) is 0 Å². The van der Waals surface area contributed by atoms with Crippen LogP contribution in [-0.2, 0) is 0 Å². The van der Waals surface area contributed by atoms with E-state index in [4.69, 9.17) is 11.0 Å². The smallest absolute Gasteiger partial charge is 0.107 e. The zero-order valence-electron chi connectivity index (χ0n) is 9.80. The lowest BCUT2D eigenvalue weighted by molar-refractivity contribution is 0.389. The van der Waals surface area contributed by atoms with Gasteiger partial charge in [-0.15, -0.1) is 11.8 Å². The van der Waals surface area contributed by atoms with Crippen molar-refractivity contribution in [2.75, 3.05) is 5.75 Å². The molecule has 2 rings (SSSR count). The molecule has 1 aromatic heterocycles. The van der Waals surface area contributed by atoms with Crippen molar-refractivity contribution in [2.24, 2.45) is 11.7 Å². The molecule has 1 fully saturated rings. The van der Waals surface area contributed by atoms with Gasteiger partial charge < -0.3 is 5.73 Å². The summed E-state index contributed by atoms with van der Waals surface area (Å²) in [6, 6.07) is 8.22. The average molecular weight is 247 g/mol. The van der Waals surface area contributed by atoms with Gasteiger partial charge in [0.2, 0.25) is 0 Å². The first kappa shape index (κ1) is 12.4. The predicted octanol–water partition coefficient (Wildman–Crippen LogP) is 2.58. The van der Waals surface area contributed by atoms with Crippen LogP contribution in [0.1, 0.15) is 25.7 Å². The molecule has 1 aromatic rings. The van der Waals surface area contributed by atoms with E-state index in [1.54, 1.807) is 18.0 Å². The molecule has 0 aromatic carbocycles. The SMILES string of the molecule is N#CC1(N)CCCC1CCSc1ccccn1. The molecular weight excluding hydrogens is 230 g/mol. The van der Waals surface area contributed by atoms with E-state index in [0.717, 1.165) is 36.5 Å². The highest BCUT2D eigenvalue weighted by Crippen LogP contribution is 2.36. The van der Waals surface area contributed by atoms with Gasteiger partial charge in [-0.3, -0.25) is 0 Å². The molecule has 1 heterocycles. The number of thioether (sulfide) groups is 1. The fourth-order valence-electron chi connectivity index (χ4n) is 2.39. The van der Waals surface area contributed by atoms with E-state index < -0.39 is 5.54 Å². The van der Waals surface area contributed by atoms with Gasteiger partial charge in [0, 0.05) is 6.20 Å². The highest BCUT2D eigenvalue weighted by atomic mass is 32.2. The van der Waals surface area contributed by atoms with Gasteiger partial charge in [0.05, 0.1) is 11.1 Å². The summed E-state index contributed by atoms with van der Waals surface area (Å²) in [5.74, 6) is 1.34. The third kappa shape index (κ3) is 2.99. The van der Waals surface area contributed by atoms with Crippen LogP contribution < -0.4 is 5.73 Å². The summed E-state index contributed by atoms with van der Waals surface area (Å²) in [6.45, 7) is 0. The van der Waals surface area contributed by atoms with Crippen molar-refractivity contribution in [3.8, 4) is 6.07 Å². The summed E-state index contributed by atoms with van der Waals surface area (Å²) in [4.78, 5) is 4.27. The summed E-state index contributed by atoms with van der Waals surface area (Å²) in [6.07, 6.45) is 5.84. The van der Waals surface area contributed by atoms with Gasteiger partial charge >= 0.3 is 0 Å². The Kier molecular flexibility index (Phi) is 4.03. The Bertz CT molecular complexity index is 401. The van der Waals surface area contributed by atoms with E-state index >= 15 is 0 Å². The van der Waals surface area contributed by atoms with Crippen LogP contribution >= 0.6 is 11.8 Å². The second-order valence-electron chi connectivity index (χ2n) is 4.55. The molecule has 90 valence electrons. The van der Waals surface area contributed by atoms with Crippen molar-refractivity contribution in [1.29, 1.82) is 5.26 Å². The van der Waals surface area contributed by atoms with Gasteiger partial charge in [0.25, 0.3) is 0 Å². The Hall–Kier alpha value is -1.05. The van der Waals surface area contributed by atoms with E-state index in [1.807, 2.05) is 18.2 Å². The molecule has 3 nitrogen and oxygen atoms in total. The van der Waals surface area contributed by atoms with E-state index in [9.17, 15) is 0 Å². The highest BCUT2D eigenvalue weighted by Gasteiger charge is 2.39. The standard InChI is InChI=1S/C13H17N3S/c14-10-13(15)7-3-4-11(13)6-9-17-12-5-1-2-8-16-12/h1-2,5,8,11H,3-4,6-7,9,15H2. The molecule has 2 unspecified atom stereocenters. The Balaban J connectivity index is 1.81. The van der Waals surface area contributed by atoms with E-state index in [1.165, 1.54) is 0 Å². The lowest BCUT2D eigenvalue weighted by Crippen LogP contribution is -2.41. The van der Waals surface area contributed by atoms with Gasteiger partial charge in [-0.05, 0) is 43.1 Å². The topological polar surface area (TPSA) is 62.7 Å².